The highest BCUT2D eigenvalue weighted by atomic mass is 32.1. The van der Waals surface area contributed by atoms with Gasteiger partial charge in [0.2, 0.25) is 0 Å². The number of thiophene rings is 1. The Labute approximate surface area is 94.3 Å². The molecule has 0 atom stereocenters. The number of pyridine rings is 1. The van der Waals surface area contributed by atoms with Crippen LogP contribution in [0.2, 0.25) is 0 Å². The molecule has 0 aliphatic carbocycles. The lowest BCUT2D eigenvalue weighted by molar-refractivity contribution is -0.693. The SMILES string of the molecule is CC[n+]1ccc(/C=C/c2cccs2)cc1. The molecule has 0 N–H and O–H groups in total. The van der Waals surface area contributed by atoms with E-state index in [4.69, 9.17) is 0 Å². The van der Waals surface area contributed by atoms with Gasteiger partial charge in [0.1, 0.15) is 6.54 Å². The molecule has 1 nitrogen and oxygen atoms in total. The number of hydrogen-bond acceptors (Lipinski definition) is 1. The Kier molecular flexibility index (Phi) is 3.30. The zero-order valence-corrected chi connectivity index (χ0v) is 9.58. The molecule has 2 aromatic heterocycles. The standard InChI is InChI=1S/C13H14NS/c1-2-14-9-7-12(8-10-14)5-6-13-4-3-11-15-13/h3-11H,2H2,1H3/q+1/b6-5+. The summed E-state index contributed by atoms with van der Waals surface area (Å²) >= 11 is 1.76. The molecule has 0 aromatic carbocycles. The predicted molar refractivity (Wildman–Crippen MR) is 65.6 cm³/mol. The van der Waals surface area contributed by atoms with Crippen LogP contribution in [0.4, 0.5) is 0 Å². The minimum atomic E-state index is 1.02. The van der Waals surface area contributed by atoms with Crippen LogP contribution in [0.25, 0.3) is 12.2 Å². The van der Waals surface area contributed by atoms with Gasteiger partial charge in [-0.3, -0.25) is 0 Å². The maximum atomic E-state index is 2.16. The quantitative estimate of drug-likeness (QED) is 0.694. The van der Waals surface area contributed by atoms with Crippen molar-refractivity contribution in [2.75, 3.05) is 0 Å². The number of aryl methyl sites for hydroxylation is 1. The molecule has 0 saturated heterocycles. The monoisotopic (exact) mass is 216 g/mol. The lowest BCUT2D eigenvalue weighted by atomic mass is 10.2. The van der Waals surface area contributed by atoms with Crippen molar-refractivity contribution in [3.8, 4) is 0 Å². The van der Waals surface area contributed by atoms with Gasteiger partial charge >= 0.3 is 0 Å². The Morgan fingerprint density at radius 1 is 1.20 bits per heavy atom. The van der Waals surface area contributed by atoms with Crippen LogP contribution in [0.15, 0.2) is 42.0 Å². The Bertz CT molecular complexity index is 426. The van der Waals surface area contributed by atoms with Crippen LogP contribution in [0, 0.1) is 0 Å². The van der Waals surface area contributed by atoms with Gasteiger partial charge < -0.3 is 0 Å². The van der Waals surface area contributed by atoms with Gasteiger partial charge in [-0.15, -0.1) is 11.3 Å². The van der Waals surface area contributed by atoms with E-state index in [0.29, 0.717) is 0 Å². The molecule has 15 heavy (non-hydrogen) atoms. The number of rotatable bonds is 3. The maximum Gasteiger partial charge on any atom is 0.169 e. The zero-order valence-electron chi connectivity index (χ0n) is 8.76. The van der Waals surface area contributed by atoms with Crippen LogP contribution in [0.1, 0.15) is 17.4 Å². The van der Waals surface area contributed by atoms with Crippen LogP contribution in [0.3, 0.4) is 0 Å². The minimum absolute atomic E-state index is 1.02. The summed E-state index contributed by atoms with van der Waals surface area (Å²) < 4.78 is 2.16. The molecule has 0 unspecified atom stereocenters. The first kappa shape index (κ1) is 10.1. The van der Waals surface area contributed by atoms with Gasteiger partial charge in [0.05, 0.1) is 0 Å². The van der Waals surface area contributed by atoms with Gasteiger partial charge in [-0.25, -0.2) is 4.57 Å². The summed E-state index contributed by atoms with van der Waals surface area (Å²) in [6.07, 6.45) is 8.50. The molecule has 0 amide bonds. The smallest absolute Gasteiger partial charge is 0.169 e. The summed E-state index contributed by atoms with van der Waals surface area (Å²) in [4.78, 5) is 1.29. The summed E-state index contributed by atoms with van der Waals surface area (Å²) in [6, 6.07) is 8.46. The first-order chi connectivity index (χ1) is 7.38. The molecule has 0 bridgehead atoms. The maximum absolute atomic E-state index is 2.16. The highest BCUT2D eigenvalue weighted by molar-refractivity contribution is 7.10. The largest absolute Gasteiger partial charge is 0.205 e. The van der Waals surface area contributed by atoms with Crippen molar-refractivity contribution in [1.29, 1.82) is 0 Å². The molecular weight excluding hydrogens is 202 g/mol. The fourth-order valence-electron chi connectivity index (χ4n) is 1.36. The molecule has 2 heteroatoms. The van der Waals surface area contributed by atoms with E-state index in [0.717, 1.165) is 6.54 Å². The van der Waals surface area contributed by atoms with E-state index < -0.39 is 0 Å². The average Bonchev–Trinajstić information content (AvgIpc) is 2.80. The Morgan fingerprint density at radius 3 is 2.60 bits per heavy atom. The van der Waals surface area contributed by atoms with Crippen molar-refractivity contribution < 1.29 is 4.57 Å². The molecule has 0 spiro atoms. The fourth-order valence-corrected chi connectivity index (χ4v) is 1.97. The van der Waals surface area contributed by atoms with Gasteiger partial charge in [0, 0.05) is 17.0 Å². The van der Waals surface area contributed by atoms with E-state index >= 15 is 0 Å². The van der Waals surface area contributed by atoms with Crippen LogP contribution in [-0.2, 0) is 6.54 Å². The number of nitrogens with zero attached hydrogens (tertiary/aromatic N) is 1. The van der Waals surface area contributed by atoms with E-state index in [-0.39, 0.29) is 0 Å². The number of aromatic nitrogens is 1. The van der Waals surface area contributed by atoms with Crippen molar-refractivity contribution >= 4 is 23.5 Å². The molecule has 0 aliphatic heterocycles. The summed E-state index contributed by atoms with van der Waals surface area (Å²) in [5.41, 5.74) is 1.24. The second-order valence-corrected chi connectivity index (χ2v) is 4.29. The third kappa shape index (κ3) is 2.77. The second-order valence-electron chi connectivity index (χ2n) is 3.31. The fraction of sp³-hybridized carbons (Fsp3) is 0.154. The molecule has 2 aromatic rings. The Morgan fingerprint density at radius 2 is 2.00 bits per heavy atom. The van der Waals surface area contributed by atoms with E-state index in [2.05, 4.69) is 65.7 Å². The summed E-state index contributed by atoms with van der Waals surface area (Å²) in [6.45, 7) is 3.16. The van der Waals surface area contributed by atoms with Gasteiger partial charge in [-0.05, 0) is 30.0 Å². The lowest BCUT2D eigenvalue weighted by Crippen LogP contribution is -2.30. The molecule has 0 fully saturated rings. The highest BCUT2D eigenvalue weighted by Gasteiger charge is 1.94. The van der Waals surface area contributed by atoms with Gasteiger partial charge in [0.25, 0.3) is 0 Å². The summed E-state index contributed by atoms with van der Waals surface area (Å²) in [5.74, 6) is 0. The van der Waals surface area contributed by atoms with E-state index in [1.165, 1.54) is 10.4 Å². The van der Waals surface area contributed by atoms with Crippen LogP contribution in [-0.4, -0.2) is 0 Å². The minimum Gasteiger partial charge on any atom is -0.205 e. The highest BCUT2D eigenvalue weighted by Crippen LogP contribution is 2.12. The molecule has 0 saturated carbocycles. The first-order valence-corrected chi connectivity index (χ1v) is 5.97. The van der Waals surface area contributed by atoms with Gasteiger partial charge in [0.15, 0.2) is 12.4 Å². The number of hydrogen-bond donors (Lipinski definition) is 0. The first-order valence-electron chi connectivity index (χ1n) is 5.09. The third-order valence-electron chi connectivity index (χ3n) is 2.27. The lowest BCUT2D eigenvalue weighted by Gasteiger charge is -1.92. The molecule has 0 aliphatic rings. The average molecular weight is 216 g/mol. The van der Waals surface area contributed by atoms with Crippen molar-refractivity contribution in [3.63, 3.8) is 0 Å². The molecule has 76 valence electrons. The van der Waals surface area contributed by atoms with Crippen molar-refractivity contribution in [2.45, 2.75) is 13.5 Å². The van der Waals surface area contributed by atoms with Crippen LogP contribution >= 0.6 is 11.3 Å². The zero-order chi connectivity index (χ0) is 10.5. The van der Waals surface area contributed by atoms with E-state index in [1.54, 1.807) is 11.3 Å². The van der Waals surface area contributed by atoms with E-state index in [1.807, 2.05) is 0 Å². The Hall–Kier alpha value is -1.41. The summed E-state index contributed by atoms with van der Waals surface area (Å²) in [7, 11) is 0. The van der Waals surface area contributed by atoms with Gasteiger partial charge in [-0.1, -0.05) is 12.1 Å². The molecular formula is C13H14NS+. The van der Waals surface area contributed by atoms with Crippen LogP contribution < -0.4 is 4.57 Å². The van der Waals surface area contributed by atoms with Crippen molar-refractivity contribution in [2.24, 2.45) is 0 Å². The van der Waals surface area contributed by atoms with Crippen LogP contribution in [0.5, 0.6) is 0 Å². The molecule has 0 radical (unpaired) electrons. The molecule has 2 rings (SSSR count). The third-order valence-corrected chi connectivity index (χ3v) is 3.10. The Balaban J connectivity index is 2.11. The predicted octanol–water partition coefficient (Wildman–Crippen LogP) is 3.23. The van der Waals surface area contributed by atoms with E-state index in [9.17, 15) is 0 Å². The normalized spacial score (nSPS) is 11.0. The second kappa shape index (κ2) is 4.89. The van der Waals surface area contributed by atoms with Crippen molar-refractivity contribution in [3.05, 3.63) is 52.5 Å². The van der Waals surface area contributed by atoms with Gasteiger partial charge in [-0.2, -0.15) is 0 Å². The summed E-state index contributed by atoms with van der Waals surface area (Å²) in [5, 5.41) is 2.09. The van der Waals surface area contributed by atoms with Crippen molar-refractivity contribution in [1.82, 2.24) is 0 Å². The molecule has 2 heterocycles. The topological polar surface area (TPSA) is 3.88 Å².